The smallest absolute Gasteiger partial charge is 0.0541 e. The van der Waals surface area contributed by atoms with E-state index in [1.807, 2.05) is 0 Å². The molecule has 0 bridgehead atoms. The van der Waals surface area contributed by atoms with Gasteiger partial charge in [-0.1, -0.05) is 72.8 Å². The molecule has 168 valence electrons. The Balaban J connectivity index is 1.36. The minimum absolute atomic E-state index is 1.17. The Morgan fingerprint density at radius 2 is 1.06 bits per heavy atom. The van der Waals surface area contributed by atoms with Crippen molar-refractivity contribution < 1.29 is 0 Å². The number of aromatic amines is 1. The van der Waals surface area contributed by atoms with Crippen molar-refractivity contribution in [2.45, 2.75) is 0 Å². The first-order chi connectivity index (χ1) is 17.8. The van der Waals surface area contributed by atoms with Gasteiger partial charge in [-0.3, -0.25) is 0 Å². The van der Waals surface area contributed by atoms with Gasteiger partial charge in [-0.05, 0) is 76.5 Å². The maximum Gasteiger partial charge on any atom is 0.0541 e. The van der Waals surface area contributed by atoms with Crippen molar-refractivity contribution in [1.29, 1.82) is 0 Å². The van der Waals surface area contributed by atoms with Gasteiger partial charge in [-0.15, -0.1) is 0 Å². The molecule has 0 aliphatic heterocycles. The fourth-order valence-corrected chi connectivity index (χ4v) is 5.78. The van der Waals surface area contributed by atoms with E-state index in [4.69, 9.17) is 0 Å². The molecule has 0 fully saturated rings. The average Bonchev–Trinajstić information content (AvgIpc) is 3.46. The number of fused-ring (bicyclic) bond motifs is 7. The van der Waals surface area contributed by atoms with Gasteiger partial charge in [0.2, 0.25) is 0 Å². The Labute approximate surface area is 208 Å². The number of nitrogens with one attached hydrogen (secondary N) is 1. The van der Waals surface area contributed by atoms with Crippen LogP contribution in [0.25, 0.3) is 71.2 Å². The molecule has 0 atom stereocenters. The van der Waals surface area contributed by atoms with Crippen molar-refractivity contribution in [3.05, 3.63) is 127 Å². The highest BCUT2D eigenvalue weighted by Crippen LogP contribution is 2.37. The Morgan fingerprint density at radius 1 is 0.417 bits per heavy atom. The Morgan fingerprint density at radius 3 is 1.92 bits per heavy atom. The standard InChI is InChI=1S/C34H22N2/c1-2-10-26(11-3-1)36-33-13-7-6-12-27(33)30-20-25(15-17-34(30)36)24-14-16-31-28(19-24)29-18-22-8-4-5-9-23(22)21-32(29)35-31/h1-21,35H. The van der Waals surface area contributed by atoms with E-state index in [9.17, 15) is 0 Å². The van der Waals surface area contributed by atoms with Crippen LogP contribution in [0.3, 0.4) is 0 Å². The van der Waals surface area contributed by atoms with Gasteiger partial charge in [0.15, 0.2) is 0 Å². The molecule has 8 rings (SSSR count). The van der Waals surface area contributed by atoms with Crippen molar-refractivity contribution in [3.63, 3.8) is 0 Å². The molecule has 0 saturated carbocycles. The minimum Gasteiger partial charge on any atom is -0.354 e. The lowest BCUT2D eigenvalue weighted by molar-refractivity contribution is 1.18. The number of benzene rings is 6. The van der Waals surface area contributed by atoms with Crippen LogP contribution in [0.5, 0.6) is 0 Å². The zero-order valence-electron chi connectivity index (χ0n) is 19.6. The number of rotatable bonds is 2. The van der Waals surface area contributed by atoms with Crippen LogP contribution < -0.4 is 0 Å². The summed E-state index contributed by atoms with van der Waals surface area (Å²) in [5, 5.41) is 7.62. The Hall–Kier alpha value is -4.82. The highest BCUT2D eigenvalue weighted by Gasteiger charge is 2.14. The number of para-hydroxylation sites is 2. The third-order valence-electron chi connectivity index (χ3n) is 7.49. The van der Waals surface area contributed by atoms with Crippen LogP contribution in [0.1, 0.15) is 0 Å². The molecule has 1 N–H and O–H groups in total. The van der Waals surface area contributed by atoms with E-state index in [2.05, 4.69) is 137 Å². The summed E-state index contributed by atoms with van der Waals surface area (Å²) >= 11 is 0. The van der Waals surface area contributed by atoms with E-state index >= 15 is 0 Å². The Bertz CT molecular complexity index is 2090. The van der Waals surface area contributed by atoms with Crippen LogP contribution in [0.15, 0.2) is 127 Å². The van der Waals surface area contributed by atoms with E-state index in [1.165, 1.54) is 71.2 Å². The van der Waals surface area contributed by atoms with E-state index in [0.29, 0.717) is 0 Å². The molecule has 0 aliphatic rings. The van der Waals surface area contributed by atoms with Gasteiger partial charge >= 0.3 is 0 Å². The monoisotopic (exact) mass is 458 g/mol. The summed E-state index contributed by atoms with van der Waals surface area (Å²) in [4.78, 5) is 3.62. The van der Waals surface area contributed by atoms with Gasteiger partial charge in [0.1, 0.15) is 0 Å². The van der Waals surface area contributed by atoms with Gasteiger partial charge in [0, 0.05) is 38.3 Å². The highest BCUT2D eigenvalue weighted by atomic mass is 15.0. The number of nitrogens with zero attached hydrogens (tertiary/aromatic N) is 1. The molecular weight excluding hydrogens is 436 g/mol. The van der Waals surface area contributed by atoms with Crippen LogP contribution in [0.4, 0.5) is 0 Å². The van der Waals surface area contributed by atoms with Crippen LogP contribution in [0.2, 0.25) is 0 Å². The van der Waals surface area contributed by atoms with Gasteiger partial charge in [0.05, 0.1) is 11.0 Å². The summed E-state index contributed by atoms with van der Waals surface area (Å²) in [6.07, 6.45) is 0. The molecule has 0 saturated heterocycles. The fourth-order valence-electron chi connectivity index (χ4n) is 5.78. The minimum atomic E-state index is 1.17. The summed E-state index contributed by atoms with van der Waals surface area (Å²) in [6, 6.07) is 46.1. The van der Waals surface area contributed by atoms with Gasteiger partial charge in [0.25, 0.3) is 0 Å². The molecule has 0 unspecified atom stereocenters. The summed E-state index contributed by atoms with van der Waals surface area (Å²) < 4.78 is 2.36. The second-order valence-electron chi connectivity index (χ2n) is 9.55. The molecule has 8 aromatic rings. The predicted molar refractivity (Wildman–Crippen MR) is 153 cm³/mol. The van der Waals surface area contributed by atoms with Crippen LogP contribution in [-0.2, 0) is 0 Å². The van der Waals surface area contributed by atoms with E-state index in [1.54, 1.807) is 0 Å². The van der Waals surface area contributed by atoms with Crippen molar-refractivity contribution in [2.75, 3.05) is 0 Å². The fraction of sp³-hybridized carbons (Fsp3) is 0. The summed E-state index contributed by atoms with van der Waals surface area (Å²) in [7, 11) is 0. The Kier molecular flexibility index (Phi) is 3.97. The zero-order valence-corrected chi connectivity index (χ0v) is 19.6. The highest BCUT2D eigenvalue weighted by molar-refractivity contribution is 6.14. The predicted octanol–water partition coefficient (Wildman–Crippen LogP) is 9.24. The van der Waals surface area contributed by atoms with Crippen molar-refractivity contribution in [1.82, 2.24) is 9.55 Å². The lowest BCUT2D eigenvalue weighted by atomic mass is 10.00. The first-order valence-electron chi connectivity index (χ1n) is 12.4. The molecule has 6 aromatic carbocycles. The number of hydrogen-bond donors (Lipinski definition) is 1. The number of aromatic nitrogens is 2. The molecular formula is C34H22N2. The van der Waals surface area contributed by atoms with Gasteiger partial charge < -0.3 is 9.55 Å². The first kappa shape index (κ1) is 19.5. The second kappa shape index (κ2) is 7.34. The number of hydrogen-bond acceptors (Lipinski definition) is 0. The maximum atomic E-state index is 3.62. The molecule has 0 radical (unpaired) electrons. The largest absolute Gasteiger partial charge is 0.354 e. The van der Waals surface area contributed by atoms with Gasteiger partial charge in [-0.2, -0.15) is 0 Å². The third kappa shape index (κ3) is 2.79. The van der Waals surface area contributed by atoms with Crippen LogP contribution >= 0.6 is 0 Å². The SMILES string of the molecule is c1ccc(-n2c3ccccc3c3cc(-c4ccc5[nH]c6cc7ccccc7cc6c5c4)ccc32)cc1. The van der Waals surface area contributed by atoms with Crippen molar-refractivity contribution in [3.8, 4) is 16.8 Å². The van der Waals surface area contributed by atoms with E-state index in [-0.39, 0.29) is 0 Å². The topological polar surface area (TPSA) is 20.7 Å². The number of H-pyrrole nitrogens is 1. The quantitative estimate of drug-likeness (QED) is 0.266. The van der Waals surface area contributed by atoms with Crippen LogP contribution in [0, 0.1) is 0 Å². The molecule has 0 aliphatic carbocycles. The molecule has 36 heavy (non-hydrogen) atoms. The molecule has 0 spiro atoms. The molecule has 2 nitrogen and oxygen atoms in total. The zero-order chi connectivity index (χ0) is 23.6. The first-order valence-corrected chi connectivity index (χ1v) is 12.4. The normalized spacial score (nSPS) is 11.9. The van der Waals surface area contributed by atoms with E-state index < -0.39 is 0 Å². The van der Waals surface area contributed by atoms with Crippen molar-refractivity contribution in [2.24, 2.45) is 0 Å². The van der Waals surface area contributed by atoms with Gasteiger partial charge in [-0.25, -0.2) is 0 Å². The third-order valence-corrected chi connectivity index (χ3v) is 7.49. The molecule has 2 heteroatoms. The lowest BCUT2D eigenvalue weighted by Crippen LogP contribution is -1.92. The summed E-state index contributed by atoms with van der Waals surface area (Å²) in [5.74, 6) is 0. The summed E-state index contributed by atoms with van der Waals surface area (Å²) in [5.41, 5.74) is 8.46. The molecule has 2 aromatic heterocycles. The van der Waals surface area contributed by atoms with Crippen molar-refractivity contribution >= 4 is 54.4 Å². The second-order valence-corrected chi connectivity index (χ2v) is 9.55. The average molecular weight is 459 g/mol. The van der Waals surface area contributed by atoms with Crippen LogP contribution in [-0.4, -0.2) is 9.55 Å². The molecule has 0 amide bonds. The van der Waals surface area contributed by atoms with E-state index in [0.717, 1.165) is 0 Å². The maximum absolute atomic E-state index is 3.62. The molecule has 2 heterocycles. The lowest BCUT2D eigenvalue weighted by Gasteiger charge is -2.08. The summed E-state index contributed by atoms with van der Waals surface area (Å²) in [6.45, 7) is 0.